The summed E-state index contributed by atoms with van der Waals surface area (Å²) >= 11 is 6.09. The average molecular weight is 409 g/mol. The third-order valence-corrected chi connectivity index (χ3v) is 5.45. The van der Waals surface area contributed by atoms with Gasteiger partial charge in [0.2, 0.25) is 5.28 Å². The Morgan fingerprint density at radius 1 is 1.10 bits per heavy atom. The Hall–Kier alpha value is -3.12. The maximum atomic E-state index is 13.7. The first-order valence-corrected chi connectivity index (χ1v) is 9.73. The molecule has 2 heterocycles. The monoisotopic (exact) mass is 408 g/mol. The van der Waals surface area contributed by atoms with Gasteiger partial charge in [-0.2, -0.15) is 4.98 Å². The van der Waals surface area contributed by atoms with Gasteiger partial charge in [-0.05, 0) is 55.3 Å². The lowest BCUT2D eigenvalue weighted by molar-refractivity contribution is 0.246. The summed E-state index contributed by atoms with van der Waals surface area (Å²) in [4.78, 5) is 25.7. The summed E-state index contributed by atoms with van der Waals surface area (Å²) in [6.45, 7) is 3.94. The van der Waals surface area contributed by atoms with Crippen LogP contribution in [0.4, 0.5) is 16.3 Å². The number of rotatable bonds is 4. The summed E-state index contributed by atoms with van der Waals surface area (Å²) < 4.78 is 5.25. The molecule has 0 fully saturated rings. The molecule has 1 unspecified atom stereocenters. The minimum absolute atomic E-state index is 0.118. The van der Waals surface area contributed by atoms with Crippen LogP contribution in [0.2, 0.25) is 5.28 Å². The SMILES string of the molecule is COc1ccc(N2C(=O)N([C@@H](C)c3ccccc3)c3nc(Cl)ncc3C2C)cc1. The number of hydrogen-bond acceptors (Lipinski definition) is 4. The van der Waals surface area contributed by atoms with Gasteiger partial charge < -0.3 is 4.74 Å². The number of ether oxygens (including phenoxy) is 1. The van der Waals surface area contributed by atoms with E-state index in [0.717, 1.165) is 22.6 Å². The van der Waals surface area contributed by atoms with Gasteiger partial charge in [-0.15, -0.1) is 0 Å². The Balaban J connectivity index is 1.84. The molecule has 148 valence electrons. The van der Waals surface area contributed by atoms with Gasteiger partial charge >= 0.3 is 6.03 Å². The predicted octanol–water partition coefficient (Wildman–Crippen LogP) is 5.41. The van der Waals surface area contributed by atoms with E-state index in [1.807, 2.05) is 68.4 Å². The lowest BCUT2D eigenvalue weighted by Gasteiger charge is -2.42. The zero-order chi connectivity index (χ0) is 20.5. The quantitative estimate of drug-likeness (QED) is 0.542. The summed E-state index contributed by atoms with van der Waals surface area (Å²) in [6, 6.07) is 16.6. The topological polar surface area (TPSA) is 58.6 Å². The van der Waals surface area contributed by atoms with Crippen molar-refractivity contribution in [3.63, 3.8) is 0 Å². The molecule has 29 heavy (non-hydrogen) atoms. The van der Waals surface area contributed by atoms with Crippen LogP contribution in [0.15, 0.2) is 60.8 Å². The van der Waals surface area contributed by atoms with Gasteiger partial charge in [-0.3, -0.25) is 9.80 Å². The number of nitrogens with zero attached hydrogens (tertiary/aromatic N) is 4. The molecule has 0 radical (unpaired) electrons. The number of methoxy groups -OCH3 is 1. The van der Waals surface area contributed by atoms with Crippen LogP contribution in [0.5, 0.6) is 5.75 Å². The number of carbonyl (C=O) groups excluding carboxylic acids is 1. The number of halogens is 1. The highest BCUT2D eigenvalue weighted by Crippen LogP contribution is 2.42. The van der Waals surface area contributed by atoms with Crippen molar-refractivity contribution in [3.8, 4) is 5.75 Å². The van der Waals surface area contributed by atoms with Crippen LogP contribution >= 0.6 is 11.6 Å². The van der Waals surface area contributed by atoms with E-state index in [9.17, 15) is 4.79 Å². The van der Waals surface area contributed by atoms with Gasteiger partial charge in [0.05, 0.1) is 19.2 Å². The van der Waals surface area contributed by atoms with E-state index >= 15 is 0 Å². The highest BCUT2D eigenvalue weighted by Gasteiger charge is 2.40. The number of urea groups is 1. The number of carbonyl (C=O) groups is 1. The summed E-state index contributed by atoms with van der Waals surface area (Å²) in [5, 5.41) is 0.118. The number of benzene rings is 2. The van der Waals surface area contributed by atoms with Crippen LogP contribution in [-0.2, 0) is 0 Å². The van der Waals surface area contributed by atoms with Gasteiger partial charge in [-0.25, -0.2) is 9.78 Å². The number of anilines is 2. The molecule has 2 amide bonds. The molecule has 4 rings (SSSR count). The van der Waals surface area contributed by atoms with Crippen molar-refractivity contribution in [1.82, 2.24) is 9.97 Å². The molecule has 0 aliphatic carbocycles. The van der Waals surface area contributed by atoms with E-state index in [-0.39, 0.29) is 23.4 Å². The zero-order valence-electron chi connectivity index (χ0n) is 16.4. The number of aromatic nitrogens is 2. The Bertz CT molecular complexity index is 1030. The number of amides is 2. The van der Waals surface area contributed by atoms with Crippen LogP contribution in [0.25, 0.3) is 0 Å². The molecule has 1 aliphatic rings. The van der Waals surface area contributed by atoms with Crippen LogP contribution in [0.1, 0.15) is 37.1 Å². The fraction of sp³-hybridized carbons (Fsp3) is 0.227. The maximum Gasteiger partial charge on any atom is 0.331 e. The van der Waals surface area contributed by atoms with Crippen LogP contribution in [0.3, 0.4) is 0 Å². The Labute approximate surface area is 174 Å². The summed E-state index contributed by atoms with van der Waals surface area (Å²) in [5.74, 6) is 1.28. The van der Waals surface area contributed by atoms with E-state index < -0.39 is 0 Å². The Kier molecular flexibility index (Phi) is 5.11. The maximum absolute atomic E-state index is 13.7. The molecule has 6 nitrogen and oxygen atoms in total. The Morgan fingerprint density at radius 3 is 2.45 bits per heavy atom. The standard InChI is InChI=1S/C22H21ClN4O2/c1-14(16-7-5-4-6-8-16)27-20-19(13-24-21(23)25-20)15(2)26(22(27)28)17-9-11-18(29-3)12-10-17/h4-15H,1-3H3/t14-,15?/m0/s1. The molecule has 0 saturated carbocycles. The lowest BCUT2D eigenvalue weighted by Crippen LogP contribution is -2.50. The molecular formula is C22H21ClN4O2. The van der Waals surface area contributed by atoms with Crippen molar-refractivity contribution in [2.75, 3.05) is 16.9 Å². The molecule has 0 N–H and O–H groups in total. The first kappa shape index (κ1) is 19.2. The lowest BCUT2D eigenvalue weighted by atomic mass is 10.0. The van der Waals surface area contributed by atoms with Crippen molar-refractivity contribution in [1.29, 1.82) is 0 Å². The third-order valence-electron chi connectivity index (χ3n) is 5.26. The fourth-order valence-electron chi connectivity index (χ4n) is 3.67. The van der Waals surface area contributed by atoms with E-state index in [2.05, 4.69) is 9.97 Å². The van der Waals surface area contributed by atoms with E-state index in [1.165, 1.54) is 0 Å². The summed E-state index contributed by atoms with van der Waals surface area (Å²) in [6.07, 6.45) is 1.70. The Morgan fingerprint density at radius 2 is 1.79 bits per heavy atom. The first-order valence-electron chi connectivity index (χ1n) is 9.35. The second-order valence-corrected chi connectivity index (χ2v) is 7.24. The molecule has 3 aromatic rings. The van der Waals surface area contributed by atoms with Crippen LogP contribution in [-0.4, -0.2) is 23.1 Å². The minimum atomic E-state index is -0.248. The third kappa shape index (κ3) is 3.40. The largest absolute Gasteiger partial charge is 0.497 e. The molecule has 2 aromatic carbocycles. The van der Waals surface area contributed by atoms with E-state index in [1.54, 1.807) is 23.1 Å². The van der Waals surface area contributed by atoms with Crippen molar-refractivity contribution >= 4 is 29.1 Å². The fourth-order valence-corrected chi connectivity index (χ4v) is 3.80. The highest BCUT2D eigenvalue weighted by atomic mass is 35.5. The number of fused-ring (bicyclic) bond motifs is 1. The molecule has 1 aliphatic heterocycles. The van der Waals surface area contributed by atoms with E-state index in [4.69, 9.17) is 16.3 Å². The molecular weight excluding hydrogens is 388 g/mol. The zero-order valence-corrected chi connectivity index (χ0v) is 17.2. The van der Waals surface area contributed by atoms with Gasteiger partial charge in [0, 0.05) is 17.4 Å². The average Bonchev–Trinajstić information content (AvgIpc) is 2.74. The molecule has 1 aromatic heterocycles. The van der Waals surface area contributed by atoms with Crippen LogP contribution < -0.4 is 14.5 Å². The second kappa shape index (κ2) is 7.72. The van der Waals surface area contributed by atoms with Gasteiger partial charge in [-0.1, -0.05) is 30.3 Å². The number of hydrogen-bond donors (Lipinski definition) is 0. The van der Waals surface area contributed by atoms with E-state index in [0.29, 0.717) is 5.82 Å². The van der Waals surface area contributed by atoms with Crippen molar-refractivity contribution in [2.45, 2.75) is 25.9 Å². The predicted molar refractivity (Wildman–Crippen MR) is 114 cm³/mol. The van der Waals surface area contributed by atoms with Gasteiger partial charge in [0.15, 0.2) is 0 Å². The van der Waals surface area contributed by atoms with Crippen LogP contribution in [0, 0.1) is 0 Å². The molecule has 0 saturated heterocycles. The normalized spacial score (nSPS) is 17.1. The second-order valence-electron chi connectivity index (χ2n) is 6.90. The van der Waals surface area contributed by atoms with Crippen molar-refractivity contribution in [3.05, 3.63) is 77.2 Å². The minimum Gasteiger partial charge on any atom is -0.497 e. The van der Waals surface area contributed by atoms with Crippen molar-refractivity contribution < 1.29 is 9.53 Å². The molecule has 7 heteroatoms. The highest BCUT2D eigenvalue weighted by molar-refractivity contribution is 6.28. The van der Waals surface area contributed by atoms with Gasteiger partial charge in [0.1, 0.15) is 11.6 Å². The van der Waals surface area contributed by atoms with Crippen molar-refractivity contribution in [2.24, 2.45) is 0 Å². The molecule has 0 bridgehead atoms. The molecule has 0 spiro atoms. The summed E-state index contributed by atoms with van der Waals surface area (Å²) in [7, 11) is 1.62. The summed E-state index contributed by atoms with van der Waals surface area (Å²) in [5.41, 5.74) is 2.62. The first-order chi connectivity index (χ1) is 14.0. The molecule has 2 atom stereocenters. The van der Waals surface area contributed by atoms with Gasteiger partial charge in [0.25, 0.3) is 0 Å². The smallest absolute Gasteiger partial charge is 0.331 e.